The second-order valence-electron chi connectivity index (χ2n) is 4.45. The third-order valence-electron chi connectivity index (χ3n) is 3.12. The van der Waals surface area contributed by atoms with E-state index >= 15 is 0 Å². The van der Waals surface area contributed by atoms with Gasteiger partial charge in [0.1, 0.15) is 18.3 Å². The van der Waals surface area contributed by atoms with Crippen LogP contribution in [0, 0.1) is 0 Å². The van der Waals surface area contributed by atoms with Crippen LogP contribution in [0.2, 0.25) is 0 Å². The van der Waals surface area contributed by atoms with Gasteiger partial charge in [-0.3, -0.25) is 5.43 Å². The molecule has 21 heavy (non-hydrogen) atoms. The van der Waals surface area contributed by atoms with Gasteiger partial charge in [0, 0.05) is 17.8 Å². The van der Waals surface area contributed by atoms with Crippen LogP contribution in [0.1, 0.15) is 5.56 Å². The van der Waals surface area contributed by atoms with Crippen molar-refractivity contribution in [3.8, 4) is 0 Å². The number of anilines is 1. The maximum absolute atomic E-state index is 5.25. The quantitative estimate of drug-likeness (QED) is 0.910. The molecule has 0 fully saturated rings. The van der Waals surface area contributed by atoms with Gasteiger partial charge in [0.05, 0.1) is 5.70 Å². The highest BCUT2D eigenvalue weighted by atomic mass is 79.9. The minimum atomic E-state index is 0.577. The first-order valence-corrected chi connectivity index (χ1v) is 7.08. The van der Waals surface area contributed by atoms with E-state index in [1.807, 2.05) is 47.6 Å². The summed E-state index contributed by atoms with van der Waals surface area (Å²) in [5.41, 5.74) is 5.90. The number of benzene rings is 1. The van der Waals surface area contributed by atoms with Crippen molar-refractivity contribution in [2.24, 2.45) is 9.98 Å². The Bertz CT molecular complexity index is 765. The highest BCUT2D eigenvalue weighted by Gasteiger charge is 2.28. The molecule has 0 saturated carbocycles. The smallest absolute Gasteiger partial charge is 0.267 e. The number of furan rings is 1. The number of nitrogens with one attached hydrogen (secondary N) is 1. The van der Waals surface area contributed by atoms with E-state index in [4.69, 9.17) is 4.42 Å². The number of aliphatic imine (C=N–C) groups is 2. The maximum Gasteiger partial charge on any atom is 0.267 e. The van der Waals surface area contributed by atoms with Crippen molar-refractivity contribution >= 4 is 39.6 Å². The Morgan fingerprint density at radius 1 is 1.19 bits per heavy atom. The third kappa shape index (κ3) is 2.11. The van der Waals surface area contributed by atoms with Crippen molar-refractivity contribution in [3.63, 3.8) is 0 Å². The molecule has 104 valence electrons. The Kier molecular flexibility index (Phi) is 2.78. The third-order valence-corrected chi connectivity index (χ3v) is 3.54. The first-order chi connectivity index (χ1) is 10.3. The molecule has 0 atom stereocenters. The van der Waals surface area contributed by atoms with Gasteiger partial charge in [-0.25, -0.2) is 10.0 Å². The van der Waals surface area contributed by atoms with Crippen LogP contribution in [0.25, 0.3) is 5.70 Å². The molecule has 4 rings (SSSR count). The summed E-state index contributed by atoms with van der Waals surface area (Å²) < 4.78 is 5.91. The first-order valence-electron chi connectivity index (χ1n) is 6.29. The predicted octanol–water partition coefficient (Wildman–Crippen LogP) is 2.98. The summed E-state index contributed by atoms with van der Waals surface area (Å²) in [6.07, 6.45) is 5.16. The van der Waals surface area contributed by atoms with Crippen LogP contribution in [-0.4, -0.2) is 17.4 Å². The lowest BCUT2D eigenvalue weighted by Crippen LogP contribution is -2.48. The zero-order chi connectivity index (χ0) is 14.2. The number of nitrogens with zero attached hydrogens (tertiary/aromatic N) is 4. The second kappa shape index (κ2) is 4.78. The molecule has 2 aliphatic rings. The van der Waals surface area contributed by atoms with Crippen LogP contribution in [0.15, 0.2) is 67.9 Å². The number of rotatable bonds is 2. The van der Waals surface area contributed by atoms with Gasteiger partial charge in [-0.1, -0.05) is 30.3 Å². The Balaban J connectivity index is 1.62. The summed E-state index contributed by atoms with van der Waals surface area (Å²) in [4.78, 5) is 8.87. The highest BCUT2D eigenvalue weighted by molar-refractivity contribution is 9.10. The summed E-state index contributed by atoms with van der Waals surface area (Å²) in [5.74, 6) is 0.577. The van der Waals surface area contributed by atoms with E-state index in [0.29, 0.717) is 10.6 Å². The summed E-state index contributed by atoms with van der Waals surface area (Å²) in [7, 11) is 0. The molecule has 7 heteroatoms. The molecule has 6 nitrogen and oxygen atoms in total. The van der Waals surface area contributed by atoms with E-state index in [2.05, 4.69) is 31.3 Å². The van der Waals surface area contributed by atoms with Gasteiger partial charge in [-0.2, -0.15) is 10.1 Å². The summed E-state index contributed by atoms with van der Waals surface area (Å²) in [5, 5.41) is 3.55. The van der Waals surface area contributed by atoms with Gasteiger partial charge >= 0.3 is 0 Å². The van der Waals surface area contributed by atoms with Gasteiger partial charge in [0.2, 0.25) is 0 Å². The molecule has 0 radical (unpaired) electrons. The van der Waals surface area contributed by atoms with Crippen LogP contribution < -0.4 is 10.4 Å². The molecule has 1 N–H and O–H groups in total. The summed E-state index contributed by atoms with van der Waals surface area (Å²) in [6, 6.07) is 11.8. The minimum absolute atomic E-state index is 0.577. The Hall–Kier alpha value is -2.54. The number of guanidine groups is 1. The van der Waals surface area contributed by atoms with Crippen LogP contribution in [0.4, 0.5) is 5.69 Å². The van der Waals surface area contributed by atoms with Crippen molar-refractivity contribution in [2.75, 3.05) is 5.01 Å². The normalized spacial score (nSPS) is 16.4. The van der Waals surface area contributed by atoms with E-state index < -0.39 is 0 Å². The Labute approximate surface area is 129 Å². The molecule has 0 saturated heterocycles. The van der Waals surface area contributed by atoms with Gasteiger partial charge in [0.25, 0.3) is 5.96 Å². The van der Waals surface area contributed by atoms with Crippen molar-refractivity contribution in [3.05, 3.63) is 59.1 Å². The fraction of sp³-hybridized carbons (Fsp3) is 0. The Morgan fingerprint density at radius 2 is 2.05 bits per heavy atom. The van der Waals surface area contributed by atoms with Crippen molar-refractivity contribution in [1.29, 1.82) is 0 Å². The van der Waals surface area contributed by atoms with Crippen LogP contribution in [0.3, 0.4) is 0 Å². The van der Waals surface area contributed by atoms with E-state index in [9.17, 15) is 0 Å². The Morgan fingerprint density at radius 3 is 2.81 bits per heavy atom. The molecule has 1 aromatic carbocycles. The molecule has 3 heterocycles. The molecule has 0 bridgehead atoms. The fourth-order valence-electron chi connectivity index (χ4n) is 2.13. The fourth-order valence-corrected chi connectivity index (χ4v) is 2.46. The highest BCUT2D eigenvalue weighted by Crippen LogP contribution is 2.27. The monoisotopic (exact) mass is 343 g/mol. The number of fused-ring (bicyclic) bond motifs is 1. The molecule has 0 spiro atoms. The van der Waals surface area contributed by atoms with E-state index in [0.717, 1.165) is 16.9 Å². The van der Waals surface area contributed by atoms with Gasteiger partial charge in [0.15, 0.2) is 4.67 Å². The average molecular weight is 344 g/mol. The predicted molar refractivity (Wildman–Crippen MR) is 84.2 cm³/mol. The van der Waals surface area contributed by atoms with Gasteiger partial charge in [-0.05, 0) is 15.9 Å². The zero-order valence-corrected chi connectivity index (χ0v) is 12.4. The van der Waals surface area contributed by atoms with Gasteiger partial charge in [-0.15, -0.1) is 0 Å². The number of hydrazine groups is 2. The minimum Gasteiger partial charge on any atom is -0.455 e. The van der Waals surface area contributed by atoms with Crippen LogP contribution in [0.5, 0.6) is 0 Å². The lowest BCUT2D eigenvalue weighted by molar-refractivity contribution is 0.378. The van der Waals surface area contributed by atoms with E-state index in [1.54, 1.807) is 17.7 Å². The largest absolute Gasteiger partial charge is 0.455 e. The zero-order valence-electron chi connectivity index (χ0n) is 10.8. The molecular weight excluding hydrogens is 334 g/mol. The number of hydrogen-bond acceptors (Lipinski definition) is 6. The van der Waals surface area contributed by atoms with Crippen LogP contribution in [-0.2, 0) is 0 Å². The molecule has 0 unspecified atom stereocenters. The molecule has 2 aliphatic heterocycles. The lowest BCUT2D eigenvalue weighted by Gasteiger charge is -2.29. The van der Waals surface area contributed by atoms with Crippen molar-refractivity contribution in [2.45, 2.75) is 0 Å². The summed E-state index contributed by atoms with van der Waals surface area (Å²) in [6.45, 7) is 0. The van der Waals surface area contributed by atoms with Crippen molar-refractivity contribution < 1.29 is 4.42 Å². The van der Waals surface area contributed by atoms with Crippen LogP contribution >= 0.6 is 15.9 Å². The molecule has 1 aromatic heterocycles. The molecule has 0 aliphatic carbocycles. The first kappa shape index (κ1) is 12.2. The molecular formula is C14H10BrN5O. The number of hydrogen-bond donors (Lipinski definition) is 1. The topological polar surface area (TPSA) is 56.4 Å². The number of halogens is 1. The van der Waals surface area contributed by atoms with Crippen molar-refractivity contribution in [1.82, 2.24) is 10.5 Å². The lowest BCUT2D eigenvalue weighted by atomic mass is 10.2. The maximum atomic E-state index is 5.25. The second-order valence-corrected chi connectivity index (χ2v) is 5.23. The average Bonchev–Trinajstić information content (AvgIpc) is 3.13. The standard InChI is InChI=1S/C14H10BrN5O/c15-13-6-11(8-21-13)19-9-16-14-18-12(7-17-20(14)19)10-4-2-1-3-5-10/h1-9,17H. The van der Waals surface area contributed by atoms with Gasteiger partial charge < -0.3 is 4.42 Å². The van der Waals surface area contributed by atoms with E-state index in [1.165, 1.54) is 0 Å². The SMILES string of the molecule is Brc1cc(N2C=NC3=NC(c4ccccc4)=CNN32)co1. The molecule has 2 aromatic rings. The summed E-state index contributed by atoms with van der Waals surface area (Å²) >= 11 is 3.29. The molecule has 0 amide bonds. The van der Waals surface area contributed by atoms with E-state index in [-0.39, 0.29) is 0 Å².